The first-order chi connectivity index (χ1) is 6.68. The molecule has 0 aliphatic carbocycles. The van der Waals surface area contributed by atoms with Crippen molar-refractivity contribution >= 4 is 11.5 Å². The molecule has 5 heteroatoms. The number of fused-ring (bicyclic) bond motifs is 1. The molecule has 1 aromatic carbocycles. The van der Waals surface area contributed by atoms with E-state index in [1.165, 1.54) is 12.1 Å². The number of rotatable bonds is 1. The molecule has 0 aromatic heterocycles. The summed E-state index contributed by atoms with van der Waals surface area (Å²) in [6.07, 6.45) is 0. The van der Waals surface area contributed by atoms with Crippen molar-refractivity contribution in [2.45, 2.75) is 6.61 Å². The molecule has 2 rings (SSSR count). The van der Waals surface area contributed by atoms with Crippen molar-refractivity contribution in [1.29, 1.82) is 0 Å². The molecule has 0 bridgehead atoms. The summed E-state index contributed by atoms with van der Waals surface area (Å²) in [6, 6.07) is 4.24. The molecule has 0 unspecified atom stereocenters. The standard InChI is InChI=1S/C9H7NO4/c11-9-5-14-4-6-1-2-7(10(12)13)3-8(6)9/h1-3H,4-5H2. The van der Waals surface area contributed by atoms with Crippen LogP contribution in [-0.4, -0.2) is 17.3 Å². The van der Waals surface area contributed by atoms with E-state index in [2.05, 4.69) is 0 Å². The fourth-order valence-electron chi connectivity index (χ4n) is 1.39. The Morgan fingerprint density at radius 1 is 1.36 bits per heavy atom. The van der Waals surface area contributed by atoms with Gasteiger partial charge in [0.2, 0.25) is 0 Å². The van der Waals surface area contributed by atoms with Gasteiger partial charge in [0.25, 0.3) is 5.69 Å². The van der Waals surface area contributed by atoms with E-state index < -0.39 is 4.92 Å². The molecule has 0 radical (unpaired) electrons. The van der Waals surface area contributed by atoms with E-state index in [0.29, 0.717) is 17.7 Å². The molecule has 0 N–H and O–H groups in total. The lowest BCUT2D eigenvalue weighted by atomic mass is 10.0. The summed E-state index contributed by atoms with van der Waals surface area (Å²) in [5.41, 5.74) is 1.07. The van der Waals surface area contributed by atoms with Gasteiger partial charge in [-0.3, -0.25) is 14.9 Å². The smallest absolute Gasteiger partial charge is 0.270 e. The first-order valence-electron chi connectivity index (χ1n) is 4.07. The number of hydrogen-bond donors (Lipinski definition) is 0. The van der Waals surface area contributed by atoms with Crippen LogP contribution in [0.3, 0.4) is 0 Å². The molecule has 0 saturated carbocycles. The summed E-state index contributed by atoms with van der Waals surface area (Å²) >= 11 is 0. The van der Waals surface area contributed by atoms with E-state index in [0.717, 1.165) is 0 Å². The normalized spacial score (nSPS) is 15.0. The molecule has 1 aromatic rings. The van der Waals surface area contributed by atoms with Crippen molar-refractivity contribution in [2.24, 2.45) is 0 Å². The third-order valence-corrected chi connectivity index (χ3v) is 2.10. The third-order valence-electron chi connectivity index (χ3n) is 2.10. The van der Waals surface area contributed by atoms with Crippen LogP contribution in [-0.2, 0) is 11.3 Å². The molecule has 14 heavy (non-hydrogen) atoms. The number of non-ortho nitro benzene ring substituents is 1. The van der Waals surface area contributed by atoms with E-state index in [9.17, 15) is 14.9 Å². The SMILES string of the molecule is O=C1COCc2ccc([N+](=O)[O-])cc21. The van der Waals surface area contributed by atoms with E-state index >= 15 is 0 Å². The predicted molar refractivity (Wildman–Crippen MR) is 47.1 cm³/mol. The number of Topliss-reactive ketones (excluding diaryl/α,β-unsaturated/α-hetero) is 1. The number of carbonyl (C=O) groups is 1. The predicted octanol–water partition coefficient (Wildman–Crippen LogP) is 1.31. The minimum Gasteiger partial charge on any atom is -0.369 e. The fourth-order valence-corrected chi connectivity index (χ4v) is 1.39. The largest absolute Gasteiger partial charge is 0.369 e. The minimum atomic E-state index is -0.511. The van der Waals surface area contributed by atoms with Crippen molar-refractivity contribution in [3.63, 3.8) is 0 Å². The second kappa shape index (κ2) is 3.19. The van der Waals surface area contributed by atoms with E-state index in [1.54, 1.807) is 6.07 Å². The zero-order chi connectivity index (χ0) is 10.1. The quantitative estimate of drug-likeness (QED) is 0.498. The Labute approximate surface area is 79.4 Å². The summed E-state index contributed by atoms with van der Waals surface area (Å²) < 4.78 is 4.99. The van der Waals surface area contributed by atoms with Crippen molar-refractivity contribution in [3.05, 3.63) is 39.4 Å². The Morgan fingerprint density at radius 2 is 2.14 bits per heavy atom. The molecule has 0 saturated heterocycles. The summed E-state index contributed by atoms with van der Waals surface area (Å²) in [5, 5.41) is 10.5. The number of ether oxygens (including phenoxy) is 1. The molecular formula is C9H7NO4. The average molecular weight is 193 g/mol. The number of carbonyl (C=O) groups excluding carboxylic acids is 1. The number of nitro groups is 1. The molecule has 1 heterocycles. The summed E-state index contributed by atoms with van der Waals surface area (Å²) in [5.74, 6) is -0.199. The number of hydrogen-bond acceptors (Lipinski definition) is 4. The molecule has 1 aliphatic heterocycles. The average Bonchev–Trinajstić information content (AvgIpc) is 2.18. The second-order valence-electron chi connectivity index (χ2n) is 3.01. The van der Waals surface area contributed by atoms with Crippen molar-refractivity contribution in [1.82, 2.24) is 0 Å². The molecule has 1 aliphatic rings. The zero-order valence-corrected chi connectivity index (χ0v) is 7.23. The van der Waals surface area contributed by atoms with E-state index in [1.807, 2.05) is 0 Å². The number of nitro benzene ring substituents is 1. The van der Waals surface area contributed by atoms with Gasteiger partial charge < -0.3 is 4.74 Å². The van der Waals surface area contributed by atoms with Crippen molar-refractivity contribution < 1.29 is 14.5 Å². The van der Waals surface area contributed by atoms with Gasteiger partial charge in [0.1, 0.15) is 6.61 Å². The van der Waals surface area contributed by atoms with Gasteiger partial charge in [-0.25, -0.2) is 0 Å². The zero-order valence-electron chi connectivity index (χ0n) is 7.23. The second-order valence-corrected chi connectivity index (χ2v) is 3.01. The molecular weight excluding hydrogens is 186 g/mol. The molecule has 0 spiro atoms. The van der Waals surface area contributed by atoms with Crippen LogP contribution in [0.5, 0.6) is 0 Å². The van der Waals surface area contributed by atoms with Gasteiger partial charge in [0.05, 0.1) is 11.5 Å². The van der Waals surface area contributed by atoms with Gasteiger partial charge in [0, 0.05) is 17.7 Å². The molecule has 0 fully saturated rings. The van der Waals surface area contributed by atoms with Gasteiger partial charge in [-0.1, -0.05) is 0 Å². The van der Waals surface area contributed by atoms with Crippen molar-refractivity contribution in [2.75, 3.05) is 6.61 Å². The van der Waals surface area contributed by atoms with Crippen LogP contribution < -0.4 is 0 Å². The van der Waals surface area contributed by atoms with E-state index in [-0.39, 0.29) is 18.1 Å². The monoisotopic (exact) mass is 193 g/mol. The minimum absolute atomic E-state index is 0.00810. The Balaban J connectivity index is 2.51. The highest BCUT2D eigenvalue weighted by Gasteiger charge is 2.20. The van der Waals surface area contributed by atoms with Gasteiger partial charge in [-0.05, 0) is 11.6 Å². The highest BCUT2D eigenvalue weighted by molar-refractivity contribution is 5.99. The topological polar surface area (TPSA) is 69.4 Å². The Morgan fingerprint density at radius 3 is 2.86 bits per heavy atom. The van der Waals surface area contributed by atoms with Crippen molar-refractivity contribution in [3.8, 4) is 0 Å². The van der Waals surface area contributed by atoms with Gasteiger partial charge >= 0.3 is 0 Å². The molecule has 72 valence electrons. The highest BCUT2D eigenvalue weighted by atomic mass is 16.6. The first-order valence-corrected chi connectivity index (χ1v) is 4.07. The van der Waals surface area contributed by atoms with Gasteiger partial charge in [0.15, 0.2) is 5.78 Å². The Bertz CT molecular complexity index is 413. The maximum atomic E-state index is 11.3. The molecule has 5 nitrogen and oxygen atoms in total. The molecule has 0 atom stereocenters. The number of ketones is 1. The van der Waals surface area contributed by atoms with Gasteiger partial charge in [-0.2, -0.15) is 0 Å². The lowest BCUT2D eigenvalue weighted by Gasteiger charge is -2.14. The summed E-state index contributed by atoms with van der Waals surface area (Å²) in [7, 11) is 0. The number of benzene rings is 1. The van der Waals surface area contributed by atoms with Crippen LogP contribution in [0.4, 0.5) is 5.69 Å². The first kappa shape index (κ1) is 8.83. The Kier molecular flexibility index (Phi) is 2.01. The fraction of sp³-hybridized carbons (Fsp3) is 0.222. The Hall–Kier alpha value is -1.75. The third kappa shape index (κ3) is 1.38. The van der Waals surface area contributed by atoms with E-state index in [4.69, 9.17) is 4.74 Å². The lowest BCUT2D eigenvalue weighted by molar-refractivity contribution is -0.384. The van der Waals surface area contributed by atoms with Crippen LogP contribution in [0, 0.1) is 10.1 Å². The van der Waals surface area contributed by atoms with Gasteiger partial charge in [-0.15, -0.1) is 0 Å². The van der Waals surface area contributed by atoms with Crippen LogP contribution in [0.15, 0.2) is 18.2 Å². The number of nitrogens with zero attached hydrogens (tertiary/aromatic N) is 1. The molecule has 0 amide bonds. The maximum absolute atomic E-state index is 11.3. The lowest BCUT2D eigenvalue weighted by Crippen LogP contribution is -2.18. The highest BCUT2D eigenvalue weighted by Crippen LogP contribution is 2.22. The van der Waals surface area contributed by atoms with Crippen LogP contribution in [0.25, 0.3) is 0 Å². The van der Waals surface area contributed by atoms with Crippen LogP contribution in [0.1, 0.15) is 15.9 Å². The van der Waals surface area contributed by atoms with Crippen LogP contribution >= 0.6 is 0 Å². The summed E-state index contributed by atoms with van der Waals surface area (Å²) in [6.45, 7) is 0.354. The maximum Gasteiger partial charge on any atom is 0.270 e. The summed E-state index contributed by atoms with van der Waals surface area (Å²) in [4.78, 5) is 21.3. The van der Waals surface area contributed by atoms with Crippen LogP contribution in [0.2, 0.25) is 0 Å².